The molecule has 0 unspecified atom stereocenters. The van der Waals surface area contributed by atoms with Gasteiger partial charge in [-0.05, 0) is 19.3 Å². The van der Waals surface area contributed by atoms with Crippen LogP contribution < -0.4 is 5.32 Å². The molecule has 1 fully saturated rings. The van der Waals surface area contributed by atoms with Crippen molar-refractivity contribution >= 4 is 5.91 Å². The summed E-state index contributed by atoms with van der Waals surface area (Å²) in [5, 5.41) is 4.12. The first-order valence-electron chi connectivity index (χ1n) is 3.98. The highest BCUT2D eigenvalue weighted by Crippen LogP contribution is 2.28. The van der Waals surface area contributed by atoms with E-state index < -0.39 is 0 Å². The summed E-state index contributed by atoms with van der Waals surface area (Å²) in [7, 11) is 0. The molecular weight excluding hydrogens is 126 g/mol. The Bertz CT molecular complexity index is 138. The second kappa shape index (κ2) is 2.60. The minimum absolute atomic E-state index is 0.0249. The summed E-state index contributed by atoms with van der Waals surface area (Å²) >= 11 is 0. The van der Waals surface area contributed by atoms with Crippen molar-refractivity contribution in [2.24, 2.45) is 0 Å². The van der Waals surface area contributed by atoms with Crippen molar-refractivity contribution in [2.45, 2.75) is 45.1 Å². The van der Waals surface area contributed by atoms with Gasteiger partial charge in [0.05, 0.1) is 5.54 Å². The molecule has 0 spiro atoms. The van der Waals surface area contributed by atoms with Crippen LogP contribution in [-0.4, -0.2) is 11.4 Å². The molecule has 0 aromatic heterocycles. The quantitative estimate of drug-likeness (QED) is 0.571. The van der Waals surface area contributed by atoms with E-state index in [1.807, 2.05) is 0 Å². The summed E-state index contributed by atoms with van der Waals surface area (Å²) in [6, 6.07) is 0. The fourth-order valence-electron chi connectivity index (χ4n) is 1.48. The van der Waals surface area contributed by atoms with E-state index in [1.54, 1.807) is 0 Å². The standard InChI is InChI=1S/C8H14NO/c1-3-8(4-2)6-5-7(10)9-8/h3-6H2,1-2H3. The molecule has 0 atom stereocenters. The molecular formula is C8H14NO. The van der Waals surface area contributed by atoms with Crippen LogP contribution in [0.2, 0.25) is 0 Å². The summed E-state index contributed by atoms with van der Waals surface area (Å²) in [4.78, 5) is 10.8. The van der Waals surface area contributed by atoms with Gasteiger partial charge in [0.2, 0.25) is 5.91 Å². The van der Waals surface area contributed by atoms with Gasteiger partial charge in [0.1, 0.15) is 0 Å². The van der Waals surface area contributed by atoms with Gasteiger partial charge in [-0.3, -0.25) is 4.79 Å². The molecule has 0 aromatic carbocycles. The lowest BCUT2D eigenvalue weighted by molar-refractivity contribution is -0.120. The lowest BCUT2D eigenvalue weighted by atomic mass is 9.91. The summed E-state index contributed by atoms with van der Waals surface area (Å²) in [6.45, 7) is 4.21. The zero-order valence-electron chi connectivity index (χ0n) is 6.68. The lowest BCUT2D eigenvalue weighted by Gasteiger charge is -2.22. The Morgan fingerprint density at radius 3 is 2.30 bits per heavy atom. The maximum atomic E-state index is 10.8. The van der Waals surface area contributed by atoms with E-state index >= 15 is 0 Å². The van der Waals surface area contributed by atoms with Crippen molar-refractivity contribution in [2.75, 3.05) is 0 Å². The molecule has 2 nitrogen and oxygen atoms in total. The first-order chi connectivity index (χ1) is 4.72. The lowest BCUT2D eigenvalue weighted by Crippen LogP contribution is -2.33. The average Bonchev–Trinajstić information content (AvgIpc) is 2.33. The van der Waals surface area contributed by atoms with Crippen LogP contribution in [0.1, 0.15) is 39.5 Å². The van der Waals surface area contributed by atoms with Crippen molar-refractivity contribution in [3.63, 3.8) is 0 Å². The van der Waals surface area contributed by atoms with Gasteiger partial charge >= 0.3 is 0 Å². The number of amides is 1. The van der Waals surface area contributed by atoms with Crippen LogP contribution in [0.15, 0.2) is 0 Å². The van der Waals surface area contributed by atoms with E-state index in [9.17, 15) is 4.79 Å². The van der Waals surface area contributed by atoms with E-state index in [0.29, 0.717) is 6.42 Å². The number of carbonyl (C=O) groups excluding carboxylic acids is 1. The monoisotopic (exact) mass is 140 g/mol. The van der Waals surface area contributed by atoms with E-state index in [-0.39, 0.29) is 11.4 Å². The first-order valence-corrected chi connectivity index (χ1v) is 3.98. The van der Waals surface area contributed by atoms with Crippen LogP contribution >= 0.6 is 0 Å². The maximum absolute atomic E-state index is 10.8. The van der Waals surface area contributed by atoms with Crippen molar-refractivity contribution in [3.8, 4) is 0 Å². The van der Waals surface area contributed by atoms with E-state index in [1.165, 1.54) is 0 Å². The van der Waals surface area contributed by atoms with Crippen LogP contribution in [0.5, 0.6) is 0 Å². The third-order valence-electron chi connectivity index (χ3n) is 2.48. The zero-order valence-corrected chi connectivity index (χ0v) is 6.68. The zero-order chi connectivity index (χ0) is 7.61. The van der Waals surface area contributed by atoms with E-state index in [4.69, 9.17) is 0 Å². The molecule has 10 heavy (non-hydrogen) atoms. The maximum Gasteiger partial charge on any atom is 0.241 e. The summed E-state index contributed by atoms with van der Waals surface area (Å²) in [5.41, 5.74) is 0.0249. The minimum atomic E-state index is 0.0249. The molecule has 1 radical (unpaired) electrons. The average molecular weight is 140 g/mol. The predicted molar refractivity (Wildman–Crippen MR) is 39.7 cm³/mol. The minimum Gasteiger partial charge on any atom is -0.273 e. The highest BCUT2D eigenvalue weighted by Gasteiger charge is 2.36. The molecule has 1 heterocycles. The third-order valence-corrected chi connectivity index (χ3v) is 2.48. The summed E-state index contributed by atoms with van der Waals surface area (Å²) < 4.78 is 0. The Morgan fingerprint density at radius 1 is 1.50 bits per heavy atom. The second-order valence-electron chi connectivity index (χ2n) is 2.94. The molecule has 1 rings (SSSR count). The van der Waals surface area contributed by atoms with Crippen LogP contribution in [0, 0.1) is 0 Å². The largest absolute Gasteiger partial charge is 0.273 e. The molecule has 0 N–H and O–H groups in total. The smallest absolute Gasteiger partial charge is 0.241 e. The number of nitrogens with zero attached hydrogens (tertiary/aromatic N) is 1. The fraction of sp³-hybridized carbons (Fsp3) is 0.875. The Balaban J connectivity index is 2.59. The highest BCUT2D eigenvalue weighted by atomic mass is 16.2. The number of hydrogen-bond donors (Lipinski definition) is 0. The van der Waals surface area contributed by atoms with Crippen molar-refractivity contribution in [1.29, 1.82) is 0 Å². The normalized spacial score (nSPS) is 22.8. The Kier molecular flexibility index (Phi) is 1.97. The summed E-state index contributed by atoms with van der Waals surface area (Å²) in [6.07, 6.45) is 3.66. The molecule has 0 aromatic rings. The molecule has 0 bridgehead atoms. The number of rotatable bonds is 2. The summed E-state index contributed by atoms with van der Waals surface area (Å²) in [5.74, 6) is 0.101. The number of hydrogen-bond acceptors (Lipinski definition) is 1. The van der Waals surface area contributed by atoms with Crippen LogP contribution in [0.25, 0.3) is 0 Å². The van der Waals surface area contributed by atoms with Crippen LogP contribution in [0.3, 0.4) is 0 Å². The topological polar surface area (TPSA) is 31.2 Å². The van der Waals surface area contributed by atoms with Crippen molar-refractivity contribution in [1.82, 2.24) is 5.32 Å². The Labute approximate surface area is 62.0 Å². The van der Waals surface area contributed by atoms with Crippen LogP contribution in [-0.2, 0) is 4.79 Å². The van der Waals surface area contributed by atoms with Gasteiger partial charge in [0.25, 0.3) is 0 Å². The number of carbonyl (C=O) groups is 1. The Morgan fingerprint density at radius 2 is 2.10 bits per heavy atom. The van der Waals surface area contributed by atoms with Gasteiger partial charge < -0.3 is 0 Å². The molecule has 57 valence electrons. The second-order valence-corrected chi connectivity index (χ2v) is 2.94. The highest BCUT2D eigenvalue weighted by molar-refractivity contribution is 5.79. The van der Waals surface area contributed by atoms with E-state index in [0.717, 1.165) is 19.3 Å². The van der Waals surface area contributed by atoms with Gasteiger partial charge in [-0.15, -0.1) is 0 Å². The predicted octanol–water partition coefficient (Wildman–Crippen LogP) is 1.47. The van der Waals surface area contributed by atoms with E-state index in [2.05, 4.69) is 19.2 Å². The molecule has 1 saturated heterocycles. The van der Waals surface area contributed by atoms with Crippen LogP contribution in [0.4, 0.5) is 0 Å². The third kappa shape index (κ3) is 1.15. The van der Waals surface area contributed by atoms with Gasteiger partial charge in [-0.2, -0.15) is 0 Å². The molecule has 1 aliphatic heterocycles. The van der Waals surface area contributed by atoms with Gasteiger partial charge in [-0.1, -0.05) is 13.8 Å². The molecule has 1 amide bonds. The fourth-order valence-corrected chi connectivity index (χ4v) is 1.48. The van der Waals surface area contributed by atoms with Gasteiger partial charge in [0, 0.05) is 6.42 Å². The molecule has 0 aliphatic carbocycles. The SMILES string of the molecule is CCC1(CC)CCC(=O)[N]1. The van der Waals surface area contributed by atoms with Gasteiger partial charge in [-0.25, -0.2) is 5.32 Å². The van der Waals surface area contributed by atoms with Crippen molar-refractivity contribution in [3.05, 3.63) is 0 Å². The Hall–Kier alpha value is -0.530. The van der Waals surface area contributed by atoms with Gasteiger partial charge in [0.15, 0.2) is 0 Å². The molecule has 2 heteroatoms. The van der Waals surface area contributed by atoms with Crippen molar-refractivity contribution < 1.29 is 4.79 Å². The molecule has 0 saturated carbocycles. The first kappa shape index (κ1) is 7.58. The molecule has 1 aliphatic rings.